The van der Waals surface area contributed by atoms with Gasteiger partial charge in [0.2, 0.25) is 0 Å². The number of para-hydroxylation sites is 1. The molecule has 158 valence electrons. The van der Waals surface area contributed by atoms with Gasteiger partial charge in [0.05, 0.1) is 27.2 Å². The average Bonchev–Trinajstić information content (AvgIpc) is 2.73. The molecule has 6 heteroatoms. The van der Waals surface area contributed by atoms with Crippen LogP contribution in [0.15, 0.2) is 36.4 Å². The van der Waals surface area contributed by atoms with Crippen LogP contribution in [0.3, 0.4) is 0 Å². The molecular formula is C23H31NO5. The summed E-state index contributed by atoms with van der Waals surface area (Å²) in [6.07, 6.45) is 0.266. The summed E-state index contributed by atoms with van der Waals surface area (Å²) in [6.45, 7) is 5.54. The molecule has 2 aromatic carbocycles. The Bertz CT molecular complexity index is 779. The minimum Gasteiger partial charge on any atom is -0.496 e. The van der Waals surface area contributed by atoms with Crippen molar-refractivity contribution in [3.63, 3.8) is 0 Å². The first-order valence-corrected chi connectivity index (χ1v) is 9.72. The Morgan fingerprint density at radius 3 is 2.03 bits per heavy atom. The summed E-state index contributed by atoms with van der Waals surface area (Å²) in [4.78, 5) is 12.2. The van der Waals surface area contributed by atoms with Crippen LogP contribution < -0.4 is 19.9 Å². The summed E-state index contributed by atoms with van der Waals surface area (Å²) in [6, 6.07) is 10.9. The first-order valence-electron chi connectivity index (χ1n) is 9.72. The third-order valence-corrected chi connectivity index (χ3v) is 4.99. The summed E-state index contributed by atoms with van der Waals surface area (Å²) < 4.78 is 22.5. The predicted octanol–water partition coefficient (Wildman–Crippen LogP) is 3.69. The topological polar surface area (TPSA) is 80.0 Å². The van der Waals surface area contributed by atoms with Gasteiger partial charge in [-0.05, 0) is 43.5 Å². The number of benzene rings is 2. The molecular weight excluding hydrogens is 370 g/mol. The molecule has 0 heterocycles. The molecule has 0 bridgehead atoms. The van der Waals surface area contributed by atoms with E-state index in [2.05, 4.69) is 6.92 Å². The van der Waals surface area contributed by atoms with Gasteiger partial charge in [0.15, 0.2) is 11.5 Å². The SMILES string of the molecule is CCc1c(OC)cccc1C(c1cccc(OC)c1OC)[C@H](C)OC(=O)[C@H](C)N. The minimum absolute atomic E-state index is 0.298. The highest BCUT2D eigenvalue weighted by molar-refractivity contribution is 5.75. The molecule has 0 radical (unpaired) electrons. The molecule has 0 aromatic heterocycles. The van der Waals surface area contributed by atoms with Crippen LogP contribution in [-0.2, 0) is 16.0 Å². The number of esters is 1. The zero-order chi connectivity index (χ0) is 21.6. The largest absolute Gasteiger partial charge is 0.496 e. The van der Waals surface area contributed by atoms with Gasteiger partial charge >= 0.3 is 5.97 Å². The summed E-state index contributed by atoms with van der Waals surface area (Å²) in [5.74, 6) is 1.26. The van der Waals surface area contributed by atoms with Crippen molar-refractivity contribution in [1.82, 2.24) is 0 Å². The fraction of sp³-hybridized carbons (Fsp3) is 0.435. The Hall–Kier alpha value is -2.73. The molecule has 0 amide bonds. The molecule has 0 aliphatic rings. The lowest BCUT2D eigenvalue weighted by Gasteiger charge is -2.29. The average molecular weight is 402 g/mol. The molecule has 0 fully saturated rings. The number of hydrogen-bond acceptors (Lipinski definition) is 6. The lowest BCUT2D eigenvalue weighted by molar-refractivity contribution is -0.150. The van der Waals surface area contributed by atoms with Crippen LogP contribution in [-0.4, -0.2) is 39.4 Å². The third-order valence-electron chi connectivity index (χ3n) is 4.99. The summed E-state index contributed by atoms with van der Waals surface area (Å²) in [5.41, 5.74) is 8.64. The molecule has 0 saturated heterocycles. The maximum absolute atomic E-state index is 12.2. The lowest BCUT2D eigenvalue weighted by Crippen LogP contribution is -2.34. The van der Waals surface area contributed by atoms with Gasteiger partial charge in [-0.25, -0.2) is 0 Å². The molecule has 6 nitrogen and oxygen atoms in total. The highest BCUT2D eigenvalue weighted by atomic mass is 16.5. The summed E-state index contributed by atoms with van der Waals surface area (Å²) in [5, 5.41) is 0. The van der Waals surface area contributed by atoms with Crippen molar-refractivity contribution < 1.29 is 23.7 Å². The Labute approximate surface area is 172 Å². The van der Waals surface area contributed by atoms with Crippen LogP contribution in [0.1, 0.15) is 43.4 Å². The van der Waals surface area contributed by atoms with E-state index >= 15 is 0 Å². The van der Waals surface area contributed by atoms with Crippen molar-refractivity contribution in [2.24, 2.45) is 5.73 Å². The monoisotopic (exact) mass is 401 g/mol. The van der Waals surface area contributed by atoms with Crippen molar-refractivity contribution in [3.05, 3.63) is 53.1 Å². The van der Waals surface area contributed by atoms with Crippen LogP contribution in [0.2, 0.25) is 0 Å². The van der Waals surface area contributed by atoms with Gasteiger partial charge in [-0.2, -0.15) is 0 Å². The van der Waals surface area contributed by atoms with Gasteiger partial charge in [0.25, 0.3) is 0 Å². The lowest BCUT2D eigenvalue weighted by atomic mass is 9.83. The molecule has 29 heavy (non-hydrogen) atoms. The third kappa shape index (κ3) is 4.82. The number of ether oxygens (including phenoxy) is 4. The van der Waals surface area contributed by atoms with E-state index in [4.69, 9.17) is 24.7 Å². The van der Waals surface area contributed by atoms with E-state index in [0.29, 0.717) is 11.5 Å². The van der Waals surface area contributed by atoms with Gasteiger partial charge in [0, 0.05) is 5.56 Å². The summed E-state index contributed by atoms with van der Waals surface area (Å²) >= 11 is 0. The standard InChI is InChI=1S/C23H31NO5/c1-7-16-17(10-8-12-19(16)26-4)21(15(3)29-23(25)14(2)24)18-11-9-13-20(27-5)22(18)28-6/h8-15,21H,7,24H2,1-6H3/t14-,15-,21?/m0/s1. The molecule has 0 aliphatic carbocycles. The molecule has 0 saturated carbocycles. The smallest absolute Gasteiger partial charge is 0.322 e. The van der Waals surface area contributed by atoms with E-state index < -0.39 is 18.1 Å². The van der Waals surface area contributed by atoms with Gasteiger partial charge in [-0.1, -0.05) is 31.2 Å². The number of carbonyl (C=O) groups excluding carboxylic acids is 1. The molecule has 3 atom stereocenters. The van der Waals surface area contributed by atoms with Crippen molar-refractivity contribution >= 4 is 5.97 Å². The van der Waals surface area contributed by atoms with Gasteiger partial charge in [-0.3, -0.25) is 4.79 Å². The predicted molar refractivity (Wildman–Crippen MR) is 113 cm³/mol. The Kier molecular flexibility index (Phi) is 7.91. The van der Waals surface area contributed by atoms with E-state index in [0.717, 1.165) is 28.9 Å². The van der Waals surface area contributed by atoms with Crippen LogP contribution in [0.5, 0.6) is 17.2 Å². The second kappa shape index (κ2) is 10.2. The van der Waals surface area contributed by atoms with Crippen LogP contribution in [0.4, 0.5) is 0 Å². The second-order valence-corrected chi connectivity index (χ2v) is 6.87. The van der Waals surface area contributed by atoms with E-state index in [1.165, 1.54) is 0 Å². The fourth-order valence-corrected chi connectivity index (χ4v) is 3.63. The van der Waals surface area contributed by atoms with E-state index in [9.17, 15) is 4.79 Å². The van der Waals surface area contributed by atoms with Crippen molar-refractivity contribution in [2.45, 2.75) is 45.3 Å². The maximum Gasteiger partial charge on any atom is 0.322 e. The Morgan fingerprint density at radius 1 is 0.931 bits per heavy atom. The fourth-order valence-electron chi connectivity index (χ4n) is 3.63. The zero-order valence-electron chi connectivity index (χ0n) is 18.0. The van der Waals surface area contributed by atoms with Crippen LogP contribution in [0.25, 0.3) is 0 Å². The second-order valence-electron chi connectivity index (χ2n) is 6.87. The molecule has 2 rings (SSSR count). The van der Waals surface area contributed by atoms with Crippen molar-refractivity contribution in [2.75, 3.05) is 21.3 Å². The zero-order valence-corrected chi connectivity index (χ0v) is 18.0. The molecule has 2 aromatic rings. The van der Waals surface area contributed by atoms with Crippen LogP contribution in [0, 0.1) is 0 Å². The van der Waals surface area contributed by atoms with Gasteiger partial charge < -0.3 is 24.7 Å². The number of nitrogens with two attached hydrogens (primary N) is 1. The Morgan fingerprint density at radius 2 is 1.52 bits per heavy atom. The Balaban J connectivity index is 2.70. The van der Waals surface area contributed by atoms with Gasteiger partial charge in [-0.15, -0.1) is 0 Å². The number of carbonyl (C=O) groups is 1. The maximum atomic E-state index is 12.2. The number of rotatable bonds is 9. The van der Waals surface area contributed by atoms with E-state index in [-0.39, 0.29) is 5.92 Å². The van der Waals surface area contributed by atoms with Gasteiger partial charge in [0.1, 0.15) is 17.9 Å². The normalized spacial score (nSPS) is 13.9. The first kappa shape index (κ1) is 22.6. The van der Waals surface area contributed by atoms with Crippen molar-refractivity contribution in [3.8, 4) is 17.2 Å². The number of hydrogen-bond donors (Lipinski definition) is 1. The molecule has 0 spiro atoms. The van der Waals surface area contributed by atoms with E-state index in [1.54, 1.807) is 28.3 Å². The first-order chi connectivity index (χ1) is 13.9. The number of methoxy groups -OCH3 is 3. The quantitative estimate of drug-likeness (QED) is 0.646. The molecule has 0 aliphatic heterocycles. The molecule has 2 N–H and O–H groups in total. The van der Waals surface area contributed by atoms with Crippen LogP contribution >= 0.6 is 0 Å². The van der Waals surface area contributed by atoms with Crippen molar-refractivity contribution in [1.29, 1.82) is 0 Å². The minimum atomic E-state index is -0.707. The highest BCUT2D eigenvalue weighted by Crippen LogP contribution is 2.43. The summed E-state index contributed by atoms with van der Waals surface area (Å²) in [7, 11) is 4.85. The highest BCUT2D eigenvalue weighted by Gasteiger charge is 2.31. The van der Waals surface area contributed by atoms with E-state index in [1.807, 2.05) is 43.3 Å². The molecule has 1 unspecified atom stereocenters.